The second-order valence-corrected chi connectivity index (χ2v) is 7.86. The van der Waals surface area contributed by atoms with E-state index in [-0.39, 0.29) is 24.8 Å². The monoisotopic (exact) mass is 450 g/mol. The average molecular weight is 451 g/mol. The fraction of sp³-hybridized carbons (Fsp3) is 0.231. The lowest BCUT2D eigenvalue weighted by Gasteiger charge is -2.31. The Bertz CT molecular complexity index is 1040. The molecule has 0 aliphatic carbocycles. The Balaban J connectivity index is 1.93. The minimum Gasteiger partial charge on any atom is -0.497 e. The molecule has 0 saturated heterocycles. The molecule has 0 fully saturated rings. The van der Waals surface area contributed by atoms with Crippen molar-refractivity contribution in [3.05, 3.63) is 101 Å². The Morgan fingerprint density at radius 3 is 2.22 bits per heavy atom. The van der Waals surface area contributed by atoms with Gasteiger partial charge in [0, 0.05) is 25.0 Å². The van der Waals surface area contributed by atoms with E-state index in [4.69, 9.17) is 16.3 Å². The molecule has 0 aromatic heterocycles. The van der Waals surface area contributed by atoms with Gasteiger partial charge in [0.25, 0.3) is 0 Å². The van der Waals surface area contributed by atoms with E-state index in [2.05, 4.69) is 5.32 Å². The van der Waals surface area contributed by atoms with E-state index < -0.39 is 6.04 Å². The van der Waals surface area contributed by atoms with Crippen molar-refractivity contribution in [1.82, 2.24) is 10.2 Å². The van der Waals surface area contributed by atoms with Crippen molar-refractivity contribution in [2.75, 3.05) is 14.2 Å². The molecule has 0 aliphatic heterocycles. The topological polar surface area (TPSA) is 58.6 Å². The number of halogens is 1. The average Bonchev–Trinajstić information content (AvgIpc) is 2.83. The first-order chi connectivity index (χ1) is 15.5. The van der Waals surface area contributed by atoms with Gasteiger partial charge in [-0.1, -0.05) is 72.3 Å². The number of ether oxygens (including phenoxy) is 1. The van der Waals surface area contributed by atoms with Gasteiger partial charge in [0.1, 0.15) is 11.8 Å². The van der Waals surface area contributed by atoms with E-state index in [0.29, 0.717) is 11.4 Å². The molecule has 0 saturated carbocycles. The van der Waals surface area contributed by atoms with Gasteiger partial charge in [-0.2, -0.15) is 0 Å². The molecule has 1 N–H and O–H groups in total. The van der Waals surface area contributed by atoms with Crippen LogP contribution in [0.25, 0.3) is 0 Å². The molecule has 0 bridgehead atoms. The third kappa shape index (κ3) is 6.11. The SMILES string of the molecule is CNC(=O)[C@H](Cc1ccccc1)N(Cc1ccccc1Cl)C(=O)Cc1ccc(OC)cc1. The number of carbonyl (C=O) groups excluding carboxylic acids is 2. The maximum Gasteiger partial charge on any atom is 0.242 e. The number of carbonyl (C=O) groups is 2. The number of hydrogen-bond donors (Lipinski definition) is 1. The largest absolute Gasteiger partial charge is 0.497 e. The van der Waals surface area contributed by atoms with E-state index in [1.54, 1.807) is 25.1 Å². The summed E-state index contributed by atoms with van der Waals surface area (Å²) in [5, 5.41) is 3.28. The number of rotatable bonds is 9. The Hall–Kier alpha value is -3.31. The molecular weight excluding hydrogens is 424 g/mol. The van der Waals surface area contributed by atoms with Crippen molar-refractivity contribution < 1.29 is 14.3 Å². The highest BCUT2D eigenvalue weighted by atomic mass is 35.5. The highest BCUT2D eigenvalue weighted by Gasteiger charge is 2.30. The zero-order chi connectivity index (χ0) is 22.9. The summed E-state index contributed by atoms with van der Waals surface area (Å²) >= 11 is 6.39. The van der Waals surface area contributed by atoms with Crippen LogP contribution in [-0.2, 0) is 29.0 Å². The highest BCUT2D eigenvalue weighted by Crippen LogP contribution is 2.21. The molecule has 5 nitrogen and oxygen atoms in total. The van der Waals surface area contributed by atoms with E-state index in [9.17, 15) is 9.59 Å². The summed E-state index contributed by atoms with van der Waals surface area (Å²) < 4.78 is 5.20. The Labute approximate surface area is 194 Å². The quantitative estimate of drug-likeness (QED) is 0.529. The van der Waals surface area contributed by atoms with Crippen molar-refractivity contribution in [2.24, 2.45) is 0 Å². The molecule has 32 heavy (non-hydrogen) atoms. The molecule has 3 aromatic carbocycles. The summed E-state index contributed by atoms with van der Waals surface area (Å²) in [6.07, 6.45) is 0.566. The molecule has 0 spiro atoms. The normalized spacial score (nSPS) is 11.5. The first-order valence-electron chi connectivity index (χ1n) is 10.4. The molecule has 3 rings (SSSR count). The number of nitrogens with one attached hydrogen (secondary N) is 1. The predicted molar refractivity (Wildman–Crippen MR) is 127 cm³/mol. The highest BCUT2D eigenvalue weighted by molar-refractivity contribution is 6.31. The van der Waals surface area contributed by atoms with Crippen molar-refractivity contribution in [2.45, 2.75) is 25.4 Å². The zero-order valence-electron chi connectivity index (χ0n) is 18.3. The third-order valence-corrected chi connectivity index (χ3v) is 5.70. The van der Waals surface area contributed by atoms with Gasteiger partial charge in [-0.05, 0) is 34.9 Å². The molecule has 0 unspecified atom stereocenters. The lowest BCUT2D eigenvalue weighted by molar-refractivity contribution is -0.140. The molecule has 166 valence electrons. The van der Waals surface area contributed by atoms with E-state index in [1.165, 1.54) is 0 Å². The van der Waals surface area contributed by atoms with Crippen LogP contribution in [0.15, 0.2) is 78.9 Å². The number of benzene rings is 3. The molecule has 0 aliphatic rings. The van der Waals surface area contributed by atoms with Crippen molar-refractivity contribution in [3.63, 3.8) is 0 Å². The first-order valence-corrected chi connectivity index (χ1v) is 10.8. The summed E-state index contributed by atoms with van der Waals surface area (Å²) in [4.78, 5) is 28.0. The Morgan fingerprint density at radius 2 is 1.59 bits per heavy atom. The fourth-order valence-electron chi connectivity index (χ4n) is 3.55. The van der Waals surface area contributed by atoms with Crippen LogP contribution in [0, 0.1) is 0 Å². The van der Waals surface area contributed by atoms with Crippen molar-refractivity contribution in [1.29, 1.82) is 0 Å². The summed E-state index contributed by atoms with van der Waals surface area (Å²) in [5.41, 5.74) is 2.61. The van der Waals surface area contributed by atoms with Gasteiger partial charge in [0.2, 0.25) is 11.8 Å². The van der Waals surface area contributed by atoms with Crippen LogP contribution in [-0.4, -0.2) is 36.9 Å². The van der Waals surface area contributed by atoms with Crippen LogP contribution in [0.5, 0.6) is 5.75 Å². The maximum absolute atomic E-state index is 13.5. The smallest absolute Gasteiger partial charge is 0.242 e. The summed E-state index contributed by atoms with van der Waals surface area (Å²) in [6, 6.07) is 23.7. The number of amides is 2. The van der Waals surface area contributed by atoms with Gasteiger partial charge >= 0.3 is 0 Å². The minimum atomic E-state index is -0.676. The molecule has 0 radical (unpaired) electrons. The molecule has 3 aromatic rings. The van der Waals surface area contributed by atoms with Crippen LogP contribution < -0.4 is 10.1 Å². The van der Waals surface area contributed by atoms with Gasteiger partial charge < -0.3 is 15.0 Å². The van der Waals surface area contributed by atoms with Gasteiger partial charge in [-0.3, -0.25) is 9.59 Å². The summed E-state index contributed by atoms with van der Waals surface area (Å²) in [5.74, 6) is 0.352. The van der Waals surface area contributed by atoms with Gasteiger partial charge in [-0.15, -0.1) is 0 Å². The number of methoxy groups -OCH3 is 1. The fourth-order valence-corrected chi connectivity index (χ4v) is 3.75. The Morgan fingerprint density at radius 1 is 0.938 bits per heavy atom. The lowest BCUT2D eigenvalue weighted by atomic mass is 10.0. The predicted octanol–water partition coefficient (Wildman–Crippen LogP) is 4.28. The molecule has 1 atom stereocenters. The summed E-state index contributed by atoms with van der Waals surface area (Å²) in [6.45, 7) is 0.236. The van der Waals surface area contributed by atoms with Gasteiger partial charge in [0.05, 0.1) is 13.5 Å². The number of likely N-dealkylation sites (N-methyl/N-ethyl adjacent to an activating group) is 1. The second kappa shape index (κ2) is 11.3. The zero-order valence-corrected chi connectivity index (χ0v) is 19.0. The van der Waals surface area contributed by atoms with Crippen LogP contribution in [0.3, 0.4) is 0 Å². The molecule has 6 heteroatoms. The van der Waals surface area contributed by atoms with Crippen molar-refractivity contribution >= 4 is 23.4 Å². The maximum atomic E-state index is 13.5. The minimum absolute atomic E-state index is 0.153. The molecular formula is C26H27ClN2O3. The second-order valence-electron chi connectivity index (χ2n) is 7.46. The van der Waals surface area contributed by atoms with Crippen LogP contribution in [0.4, 0.5) is 0 Å². The lowest BCUT2D eigenvalue weighted by Crippen LogP contribution is -2.50. The van der Waals surface area contributed by atoms with Gasteiger partial charge in [-0.25, -0.2) is 0 Å². The number of hydrogen-bond acceptors (Lipinski definition) is 3. The van der Waals surface area contributed by atoms with Gasteiger partial charge in [0.15, 0.2) is 0 Å². The number of nitrogens with zero attached hydrogens (tertiary/aromatic N) is 1. The third-order valence-electron chi connectivity index (χ3n) is 5.33. The molecule has 0 heterocycles. The van der Waals surface area contributed by atoms with E-state index in [0.717, 1.165) is 22.4 Å². The van der Waals surface area contributed by atoms with Crippen molar-refractivity contribution in [3.8, 4) is 5.75 Å². The van der Waals surface area contributed by atoms with E-state index in [1.807, 2.05) is 72.8 Å². The van der Waals surface area contributed by atoms with E-state index >= 15 is 0 Å². The van der Waals surface area contributed by atoms with Crippen LogP contribution in [0.1, 0.15) is 16.7 Å². The molecule has 2 amide bonds. The van der Waals surface area contributed by atoms with Crippen LogP contribution >= 0.6 is 11.6 Å². The van der Waals surface area contributed by atoms with Crippen LogP contribution in [0.2, 0.25) is 5.02 Å². The summed E-state index contributed by atoms with van der Waals surface area (Å²) in [7, 11) is 3.19. The standard InChI is InChI=1S/C26H27ClN2O3/c1-28-26(31)24(16-19-8-4-3-5-9-19)29(18-21-10-6-7-11-23(21)27)25(30)17-20-12-14-22(32-2)15-13-20/h3-15,24H,16-18H2,1-2H3,(H,28,31)/t24-/m0/s1. The Kier molecular flexibility index (Phi) is 8.28. The first kappa shape index (κ1) is 23.4.